The van der Waals surface area contributed by atoms with Crippen LogP contribution in [0.4, 0.5) is 11.4 Å². The molecule has 6 heteroatoms. The van der Waals surface area contributed by atoms with Gasteiger partial charge in [-0.25, -0.2) is 4.79 Å². The third-order valence-corrected chi connectivity index (χ3v) is 2.13. The molecule has 0 heterocycles. The van der Waals surface area contributed by atoms with Crippen molar-refractivity contribution in [2.75, 3.05) is 10.6 Å². The van der Waals surface area contributed by atoms with Crippen molar-refractivity contribution in [1.29, 1.82) is 0 Å². The largest absolute Gasteiger partial charge is 0.478 e. The number of carbonyl (C=O) groups is 3. The van der Waals surface area contributed by atoms with Crippen molar-refractivity contribution in [1.82, 2.24) is 0 Å². The Morgan fingerprint density at radius 3 is 2.05 bits per heavy atom. The predicted octanol–water partition coefficient (Wildman–Crippen LogP) is 1.61. The molecule has 0 aliphatic heterocycles. The van der Waals surface area contributed by atoms with Crippen LogP contribution in [0.2, 0.25) is 0 Å². The van der Waals surface area contributed by atoms with E-state index in [1.54, 1.807) is 31.2 Å². The van der Waals surface area contributed by atoms with Crippen LogP contribution in [-0.4, -0.2) is 22.9 Å². The summed E-state index contributed by atoms with van der Waals surface area (Å²) < 4.78 is 0. The van der Waals surface area contributed by atoms with E-state index in [1.165, 1.54) is 0 Å². The van der Waals surface area contributed by atoms with Gasteiger partial charge in [-0.05, 0) is 24.3 Å². The molecule has 1 rings (SSSR count). The van der Waals surface area contributed by atoms with Crippen molar-refractivity contribution < 1.29 is 19.5 Å². The Hall–Kier alpha value is -2.63. The van der Waals surface area contributed by atoms with Crippen LogP contribution in [0, 0.1) is 0 Å². The van der Waals surface area contributed by atoms with E-state index in [0.717, 1.165) is 12.2 Å². The summed E-state index contributed by atoms with van der Waals surface area (Å²) in [6, 6.07) is 6.50. The van der Waals surface area contributed by atoms with Gasteiger partial charge in [0.15, 0.2) is 0 Å². The molecule has 1 aromatic carbocycles. The molecule has 0 bridgehead atoms. The van der Waals surface area contributed by atoms with Gasteiger partial charge in [-0.1, -0.05) is 6.92 Å². The van der Waals surface area contributed by atoms with Gasteiger partial charge in [0.05, 0.1) is 0 Å². The number of carbonyl (C=O) groups excluding carboxylic acids is 2. The Kier molecular flexibility index (Phi) is 5.28. The first-order valence-electron chi connectivity index (χ1n) is 5.63. The fraction of sp³-hybridized carbons (Fsp3) is 0.154. The molecule has 1 aromatic rings. The molecule has 19 heavy (non-hydrogen) atoms. The predicted molar refractivity (Wildman–Crippen MR) is 70.8 cm³/mol. The summed E-state index contributed by atoms with van der Waals surface area (Å²) in [6.07, 6.45) is 2.07. The average molecular weight is 262 g/mol. The third kappa shape index (κ3) is 5.49. The maximum Gasteiger partial charge on any atom is 0.328 e. The Bertz CT molecular complexity index is 506. The lowest BCUT2D eigenvalue weighted by Crippen LogP contribution is -2.10. The quantitative estimate of drug-likeness (QED) is 0.702. The van der Waals surface area contributed by atoms with Gasteiger partial charge in [-0.3, -0.25) is 9.59 Å². The number of rotatable bonds is 5. The van der Waals surface area contributed by atoms with E-state index in [0.29, 0.717) is 17.8 Å². The van der Waals surface area contributed by atoms with E-state index in [-0.39, 0.29) is 5.91 Å². The summed E-state index contributed by atoms with van der Waals surface area (Å²) in [5, 5.41) is 13.5. The number of benzene rings is 1. The highest BCUT2D eigenvalue weighted by molar-refractivity contribution is 6.02. The zero-order valence-electron chi connectivity index (χ0n) is 10.3. The van der Waals surface area contributed by atoms with Gasteiger partial charge in [0, 0.05) is 29.9 Å². The van der Waals surface area contributed by atoms with Crippen LogP contribution >= 0.6 is 0 Å². The van der Waals surface area contributed by atoms with Crippen LogP contribution in [0.15, 0.2) is 36.4 Å². The topological polar surface area (TPSA) is 95.5 Å². The van der Waals surface area contributed by atoms with Gasteiger partial charge >= 0.3 is 5.97 Å². The number of amides is 2. The van der Waals surface area contributed by atoms with E-state index in [9.17, 15) is 14.4 Å². The van der Waals surface area contributed by atoms with Crippen molar-refractivity contribution in [2.24, 2.45) is 0 Å². The van der Waals surface area contributed by atoms with Crippen LogP contribution < -0.4 is 10.6 Å². The van der Waals surface area contributed by atoms with Crippen molar-refractivity contribution in [2.45, 2.75) is 13.3 Å². The second-order valence-electron chi connectivity index (χ2n) is 3.64. The number of aliphatic carboxylic acids is 1. The maximum atomic E-state index is 11.3. The van der Waals surface area contributed by atoms with Crippen LogP contribution in [0.1, 0.15) is 13.3 Å². The van der Waals surface area contributed by atoms with E-state index in [2.05, 4.69) is 10.6 Å². The molecule has 0 aliphatic carbocycles. The van der Waals surface area contributed by atoms with Gasteiger partial charge in [-0.2, -0.15) is 0 Å². The molecule has 0 aromatic heterocycles. The summed E-state index contributed by atoms with van der Waals surface area (Å²) in [4.78, 5) is 32.7. The minimum absolute atomic E-state index is 0.0961. The fourth-order valence-corrected chi connectivity index (χ4v) is 1.22. The SMILES string of the molecule is CCC(=O)Nc1ccc(NC(=O)/C=C\C(=O)O)cc1. The number of nitrogens with one attached hydrogen (secondary N) is 2. The summed E-state index contributed by atoms with van der Waals surface area (Å²) in [7, 11) is 0. The molecule has 0 saturated carbocycles. The molecule has 0 aliphatic rings. The highest BCUT2D eigenvalue weighted by atomic mass is 16.4. The first kappa shape index (κ1) is 14.4. The highest BCUT2D eigenvalue weighted by Gasteiger charge is 2.01. The van der Waals surface area contributed by atoms with Crippen molar-refractivity contribution in [3.63, 3.8) is 0 Å². The van der Waals surface area contributed by atoms with E-state index < -0.39 is 11.9 Å². The first-order valence-corrected chi connectivity index (χ1v) is 5.63. The van der Waals surface area contributed by atoms with Crippen LogP contribution in [-0.2, 0) is 14.4 Å². The smallest absolute Gasteiger partial charge is 0.328 e. The Morgan fingerprint density at radius 1 is 1.05 bits per heavy atom. The second-order valence-corrected chi connectivity index (χ2v) is 3.64. The normalized spacial score (nSPS) is 10.2. The molecule has 0 atom stereocenters. The van der Waals surface area contributed by atoms with Crippen LogP contribution in [0.5, 0.6) is 0 Å². The standard InChI is InChI=1S/C13H14N2O4/c1-2-11(16)14-9-3-5-10(6-4-9)15-12(17)7-8-13(18)19/h3-8H,2H2,1H3,(H,14,16)(H,15,17)(H,18,19)/b8-7-. The molecule has 0 unspecified atom stereocenters. The lowest BCUT2D eigenvalue weighted by Gasteiger charge is -2.05. The number of anilines is 2. The van der Waals surface area contributed by atoms with Gasteiger partial charge < -0.3 is 15.7 Å². The van der Waals surface area contributed by atoms with E-state index in [1.807, 2.05) is 0 Å². The highest BCUT2D eigenvalue weighted by Crippen LogP contribution is 2.13. The second kappa shape index (κ2) is 6.95. The van der Waals surface area contributed by atoms with Crippen LogP contribution in [0.25, 0.3) is 0 Å². The number of hydrogen-bond donors (Lipinski definition) is 3. The first-order chi connectivity index (χ1) is 9.01. The molecule has 0 spiro atoms. The Morgan fingerprint density at radius 2 is 1.58 bits per heavy atom. The van der Waals surface area contributed by atoms with Crippen LogP contribution in [0.3, 0.4) is 0 Å². The molecule has 0 radical (unpaired) electrons. The van der Waals surface area contributed by atoms with Gasteiger partial charge in [0.2, 0.25) is 11.8 Å². The lowest BCUT2D eigenvalue weighted by atomic mass is 10.2. The third-order valence-electron chi connectivity index (χ3n) is 2.13. The zero-order valence-corrected chi connectivity index (χ0v) is 10.3. The molecule has 6 nitrogen and oxygen atoms in total. The lowest BCUT2D eigenvalue weighted by molar-refractivity contribution is -0.131. The Labute approximate surface area is 110 Å². The van der Waals surface area contributed by atoms with Crippen molar-refractivity contribution >= 4 is 29.2 Å². The number of carboxylic acids is 1. The molecule has 3 N–H and O–H groups in total. The molecular formula is C13H14N2O4. The van der Waals surface area contributed by atoms with E-state index >= 15 is 0 Å². The van der Waals surface area contributed by atoms with Crippen molar-refractivity contribution in [3.05, 3.63) is 36.4 Å². The fourth-order valence-electron chi connectivity index (χ4n) is 1.22. The minimum atomic E-state index is -1.19. The Balaban J connectivity index is 2.59. The summed E-state index contributed by atoms with van der Waals surface area (Å²) in [6.45, 7) is 1.75. The number of carboxylic acid groups (broad SMARTS) is 1. The van der Waals surface area contributed by atoms with Gasteiger partial charge in [-0.15, -0.1) is 0 Å². The summed E-state index contributed by atoms with van der Waals surface area (Å²) >= 11 is 0. The van der Waals surface area contributed by atoms with Crippen molar-refractivity contribution in [3.8, 4) is 0 Å². The molecule has 0 saturated heterocycles. The summed E-state index contributed by atoms with van der Waals surface area (Å²) in [5.74, 6) is -1.82. The minimum Gasteiger partial charge on any atom is -0.478 e. The average Bonchev–Trinajstić information content (AvgIpc) is 2.38. The molecule has 0 fully saturated rings. The maximum absolute atomic E-state index is 11.3. The molecule has 2 amide bonds. The van der Waals surface area contributed by atoms with E-state index in [4.69, 9.17) is 5.11 Å². The molecular weight excluding hydrogens is 248 g/mol. The monoisotopic (exact) mass is 262 g/mol. The van der Waals surface area contributed by atoms with Gasteiger partial charge in [0.1, 0.15) is 0 Å². The number of hydrogen-bond acceptors (Lipinski definition) is 3. The summed E-state index contributed by atoms with van der Waals surface area (Å²) in [5.41, 5.74) is 1.14. The van der Waals surface area contributed by atoms with Gasteiger partial charge in [0.25, 0.3) is 0 Å². The zero-order chi connectivity index (χ0) is 14.3. The molecule has 100 valence electrons.